The maximum absolute atomic E-state index is 13.5. The molecule has 1 heterocycles. The molecule has 1 amide bonds. The van der Waals surface area contributed by atoms with Crippen LogP contribution in [0.1, 0.15) is 31.3 Å². The number of rotatable bonds is 3. The summed E-state index contributed by atoms with van der Waals surface area (Å²) >= 11 is 5.92. The maximum atomic E-state index is 13.5. The Morgan fingerprint density at radius 2 is 1.89 bits per heavy atom. The third-order valence-electron chi connectivity index (χ3n) is 4.07. The van der Waals surface area contributed by atoms with Crippen LogP contribution in [0.4, 0.5) is 4.79 Å². The zero-order valence-corrected chi connectivity index (χ0v) is 16.1. The molecule has 0 saturated heterocycles. The van der Waals surface area contributed by atoms with Gasteiger partial charge in [-0.25, -0.2) is 9.78 Å². The molecule has 0 aliphatic carbocycles. The van der Waals surface area contributed by atoms with Gasteiger partial charge in [0.05, 0.1) is 28.0 Å². The average Bonchev–Trinajstić information content (AvgIpc) is 2.66. The van der Waals surface area contributed by atoms with E-state index in [0.29, 0.717) is 28.0 Å². The summed E-state index contributed by atoms with van der Waals surface area (Å²) in [7, 11) is 0. The van der Waals surface area contributed by atoms with Crippen LogP contribution < -0.4 is 10.9 Å². The summed E-state index contributed by atoms with van der Waals surface area (Å²) in [4.78, 5) is 29.2. The Morgan fingerprint density at radius 3 is 2.54 bits per heavy atom. The highest BCUT2D eigenvalue weighted by molar-refractivity contribution is 6.22. The molecule has 2 unspecified atom stereocenters. The number of halogens is 1. The first kappa shape index (κ1) is 19.5. The molecule has 0 radical (unpaired) electrons. The summed E-state index contributed by atoms with van der Waals surface area (Å²) in [6, 6.07) is 13.5. The van der Waals surface area contributed by atoms with Gasteiger partial charge in [0.25, 0.3) is 5.56 Å². The lowest BCUT2D eigenvalue weighted by atomic mass is 10.1. The molecule has 0 bridgehead atoms. The second-order valence-corrected chi connectivity index (χ2v) is 6.86. The van der Waals surface area contributed by atoms with Gasteiger partial charge in [0.2, 0.25) is 0 Å². The van der Waals surface area contributed by atoms with Crippen LogP contribution in [0.3, 0.4) is 0 Å². The predicted octanol–water partition coefficient (Wildman–Crippen LogP) is 3.69. The highest BCUT2D eigenvalue weighted by atomic mass is 35.5. The standard InChI is InChI=1S/C21H18ClN3O3/c1-13(22)11-12-15-7-6-10-17-18(15)20(26)25(16-8-4-3-5-9-16)19(24-17)14(2)23-21(27)28/h3-10,13-14,23H,1-2H3,(H,27,28). The minimum atomic E-state index is -1.20. The number of hydrogen-bond acceptors (Lipinski definition) is 3. The van der Waals surface area contributed by atoms with Gasteiger partial charge in [-0.1, -0.05) is 36.1 Å². The SMILES string of the molecule is CC(Cl)C#Cc1cccc2nc(C(C)NC(=O)O)n(-c3ccccc3)c(=O)c12. The van der Waals surface area contributed by atoms with Crippen molar-refractivity contribution in [2.45, 2.75) is 25.3 Å². The molecule has 0 aliphatic rings. The number of hydrogen-bond donors (Lipinski definition) is 2. The number of nitrogens with one attached hydrogen (secondary N) is 1. The summed E-state index contributed by atoms with van der Waals surface area (Å²) in [5.74, 6) is 6.09. The number of amides is 1. The molecule has 0 aliphatic heterocycles. The molecule has 142 valence electrons. The molecule has 1 aromatic heterocycles. The number of aromatic nitrogens is 2. The van der Waals surface area contributed by atoms with Gasteiger partial charge < -0.3 is 10.4 Å². The topological polar surface area (TPSA) is 84.2 Å². The highest BCUT2D eigenvalue weighted by Crippen LogP contribution is 2.20. The number of para-hydroxylation sites is 1. The monoisotopic (exact) mass is 395 g/mol. The van der Waals surface area contributed by atoms with Gasteiger partial charge in [0.1, 0.15) is 5.82 Å². The van der Waals surface area contributed by atoms with Crippen LogP contribution in [-0.4, -0.2) is 26.1 Å². The van der Waals surface area contributed by atoms with Gasteiger partial charge in [-0.2, -0.15) is 0 Å². The van der Waals surface area contributed by atoms with E-state index in [0.717, 1.165) is 0 Å². The van der Waals surface area contributed by atoms with Crippen LogP contribution in [0.5, 0.6) is 0 Å². The molecule has 0 spiro atoms. The Labute approximate surface area is 166 Å². The van der Waals surface area contributed by atoms with Crippen LogP contribution in [0.2, 0.25) is 0 Å². The zero-order valence-electron chi connectivity index (χ0n) is 15.3. The summed E-state index contributed by atoms with van der Waals surface area (Å²) in [6.07, 6.45) is -1.20. The van der Waals surface area contributed by atoms with E-state index in [1.807, 2.05) is 6.07 Å². The van der Waals surface area contributed by atoms with Crippen molar-refractivity contribution in [2.24, 2.45) is 0 Å². The molecule has 7 heteroatoms. The minimum absolute atomic E-state index is 0.293. The van der Waals surface area contributed by atoms with Crippen LogP contribution in [0, 0.1) is 11.8 Å². The van der Waals surface area contributed by atoms with Crippen molar-refractivity contribution in [3.63, 3.8) is 0 Å². The number of alkyl halides is 1. The first-order valence-corrected chi connectivity index (χ1v) is 9.08. The Morgan fingerprint density at radius 1 is 1.18 bits per heavy atom. The molecule has 2 atom stereocenters. The Balaban J connectivity index is 2.36. The van der Waals surface area contributed by atoms with Crippen LogP contribution in [0.15, 0.2) is 53.3 Å². The fourth-order valence-corrected chi connectivity index (χ4v) is 2.95. The van der Waals surface area contributed by atoms with Crippen molar-refractivity contribution < 1.29 is 9.90 Å². The Bertz CT molecular complexity index is 1140. The molecular weight excluding hydrogens is 378 g/mol. The average molecular weight is 396 g/mol. The lowest BCUT2D eigenvalue weighted by Crippen LogP contribution is -2.32. The van der Waals surface area contributed by atoms with Crippen LogP contribution >= 0.6 is 11.6 Å². The van der Waals surface area contributed by atoms with Gasteiger partial charge in [-0.15, -0.1) is 11.6 Å². The van der Waals surface area contributed by atoms with Crippen molar-refractivity contribution in [2.75, 3.05) is 0 Å². The number of fused-ring (bicyclic) bond motifs is 1. The van der Waals surface area contributed by atoms with Gasteiger partial charge in [0, 0.05) is 5.56 Å². The fourth-order valence-electron chi connectivity index (χ4n) is 2.90. The molecule has 3 rings (SSSR count). The number of nitrogens with zero attached hydrogens (tertiary/aromatic N) is 2. The summed E-state index contributed by atoms with van der Waals surface area (Å²) in [5.41, 5.74) is 1.24. The first-order chi connectivity index (χ1) is 13.4. The summed E-state index contributed by atoms with van der Waals surface area (Å²) < 4.78 is 1.41. The van der Waals surface area contributed by atoms with Crippen molar-refractivity contribution in [1.29, 1.82) is 0 Å². The molecular formula is C21H18ClN3O3. The van der Waals surface area contributed by atoms with Gasteiger partial charge in [0.15, 0.2) is 0 Å². The molecule has 0 fully saturated rings. The van der Waals surface area contributed by atoms with E-state index in [1.165, 1.54) is 4.57 Å². The van der Waals surface area contributed by atoms with Gasteiger partial charge in [-0.05, 0) is 38.1 Å². The minimum Gasteiger partial charge on any atom is -0.465 e. The van der Waals surface area contributed by atoms with Crippen molar-refractivity contribution in [1.82, 2.24) is 14.9 Å². The van der Waals surface area contributed by atoms with Gasteiger partial charge in [-0.3, -0.25) is 9.36 Å². The third-order valence-corrected chi connectivity index (χ3v) is 4.18. The Hall–Kier alpha value is -3.30. The van der Waals surface area contributed by atoms with E-state index < -0.39 is 12.1 Å². The largest absolute Gasteiger partial charge is 0.465 e. The van der Waals surface area contributed by atoms with E-state index in [1.54, 1.807) is 56.3 Å². The molecule has 6 nitrogen and oxygen atoms in total. The molecule has 3 aromatic rings. The number of carboxylic acid groups (broad SMARTS) is 1. The number of benzene rings is 2. The third kappa shape index (κ3) is 4.00. The Kier molecular flexibility index (Phi) is 5.67. The fraction of sp³-hybridized carbons (Fsp3) is 0.190. The molecule has 2 N–H and O–H groups in total. The normalized spacial score (nSPS) is 12.7. The number of carbonyl (C=O) groups is 1. The maximum Gasteiger partial charge on any atom is 0.405 e. The second-order valence-electron chi connectivity index (χ2n) is 6.20. The van der Waals surface area contributed by atoms with Crippen molar-refractivity contribution in [3.05, 3.63) is 70.3 Å². The van der Waals surface area contributed by atoms with Crippen LogP contribution in [0.25, 0.3) is 16.6 Å². The quantitative estimate of drug-likeness (QED) is 0.523. The molecule has 28 heavy (non-hydrogen) atoms. The van der Waals surface area contributed by atoms with E-state index in [2.05, 4.69) is 22.1 Å². The molecule has 2 aromatic carbocycles. The predicted molar refractivity (Wildman–Crippen MR) is 109 cm³/mol. The van der Waals surface area contributed by atoms with Crippen molar-refractivity contribution >= 4 is 28.6 Å². The zero-order chi connectivity index (χ0) is 20.3. The highest BCUT2D eigenvalue weighted by Gasteiger charge is 2.20. The van der Waals surface area contributed by atoms with E-state index in [-0.39, 0.29) is 10.9 Å². The smallest absolute Gasteiger partial charge is 0.405 e. The summed E-state index contributed by atoms with van der Waals surface area (Å²) in [5, 5.41) is 11.5. The first-order valence-electron chi connectivity index (χ1n) is 8.64. The molecule has 0 saturated carbocycles. The van der Waals surface area contributed by atoms with E-state index in [4.69, 9.17) is 16.7 Å². The lowest BCUT2D eigenvalue weighted by molar-refractivity contribution is 0.190. The van der Waals surface area contributed by atoms with E-state index in [9.17, 15) is 9.59 Å². The van der Waals surface area contributed by atoms with Gasteiger partial charge >= 0.3 is 6.09 Å². The van der Waals surface area contributed by atoms with Crippen molar-refractivity contribution in [3.8, 4) is 17.5 Å². The summed E-state index contributed by atoms with van der Waals surface area (Å²) in [6.45, 7) is 3.39. The van der Waals surface area contributed by atoms with E-state index >= 15 is 0 Å². The van der Waals surface area contributed by atoms with Crippen LogP contribution in [-0.2, 0) is 0 Å². The second kappa shape index (κ2) is 8.15. The lowest BCUT2D eigenvalue weighted by Gasteiger charge is -2.18.